The van der Waals surface area contributed by atoms with Crippen molar-refractivity contribution in [3.05, 3.63) is 23.8 Å². The molecule has 134 valence electrons. The number of piperidine rings is 1. The second kappa shape index (κ2) is 7.62. The van der Waals surface area contributed by atoms with Gasteiger partial charge in [0.2, 0.25) is 5.95 Å². The number of anilines is 2. The second-order valence-corrected chi connectivity index (χ2v) is 6.26. The van der Waals surface area contributed by atoms with Gasteiger partial charge in [0, 0.05) is 24.5 Å². The number of likely N-dealkylation sites (tertiary alicyclic amines) is 1. The van der Waals surface area contributed by atoms with Crippen LogP contribution in [0, 0.1) is 0 Å². The highest BCUT2D eigenvalue weighted by atomic mass is 16.4. The fourth-order valence-electron chi connectivity index (χ4n) is 3.29. The van der Waals surface area contributed by atoms with E-state index in [1.54, 1.807) is 12.1 Å². The highest BCUT2D eigenvalue weighted by molar-refractivity contribution is 5.97. The molecule has 1 aliphatic heterocycles. The number of nitrogens with zero attached hydrogens (tertiary/aromatic N) is 3. The van der Waals surface area contributed by atoms with Crippen molar-refractivity contribution in [3.63, 3.8) is 0 Å². The minimum Gasteiger partial charge on any atom is -0.478 e. The first-order valence-corrected chi connectivity index (χ1v) is 8.48. The monoisotopic (exact) mass is 345 g/mol. The van der Waals surface area contributed by atoms with Crippen molar-refractivity contribution < 1.29 is 15.0 Å². The van der Waals surface area contributed by atoms with Crippen LogP contribution in [0.5, 0.6) is 0 Å². The molecule has 0 radical (unpaired) electrons. The van der Waals surface area contributed by atoms with Gasteiger partial charge in [-0.2, -0.15) is 4.98 Å². The van der Waals surface area contributed by atoms with Crippen LogP contribution in [0.3, 0.4) is 0 Å². The fourth-order valence-corrected chi connectivity index (χ4v) is 3.29. The number of fused-ring (bicyclic) bond motifs is 1. The molecule has 3 rings (SSSR count). The zero-order valence-electron chi connectivity index (χ0n) is 14.0. The van der Waals surface area contributed by atoms with Gasteiger partial charge in [0.15, 0.2) is 0 Å². The number of hydrogen-bond donors (Lipinski definition) is 4. The van der Waals surface area contributed by atoms with Gasteiger partial charge in [-0.05, 0) is 37.6 Å². The van der Waals surface area contributed by atoms with E-state index in [1.165, 1.54) is 6.07 Å². The van der Waals surface area contributed by atoms with E-state index in [1.807, 2.05) is 0 Å². The van der Waals surface area contributed by atoms with Crippen LogP contribution < -0.4 is 11.1 Å². The molecule has 25 heavy (non-hydrogen) atoms. The third-order valence-corrected chi connectivity index (χ3v) is 4.61. The summed E-state index contributed by atoms with van der Waals surface area (Å²) in [6.07, 6.45) is 3.31. The molecule has 1 aromatic heterocycles. The Morgan fingerprint density at radius 2 is 2.20 bits per heavy atom. The Bertz CT molecular complexity index is 767. The van der Waals surface area contributed by atoms with E-state index in [-0.39, 0.29) is 24.2 Å². The summed E-state index contributed by atoms with van der Waals surface area (Å²) in [5.74, 6) is -0.323. The van der Waals surface area contributed by atoms with E-state index in [0.717, 1.165) is 32.4 Å². The highest BCUT2D eigenvalue weighted by Crippen LogP contribution is 2.23. The Hall–Kier alpha value is -2.45. The predicted octanol–water partition coefficient (Wildman–Crippen LogP) is 1.17. The Morgan fingerprint density at radius 3 is 2.96 bits per heavy atom. The lowest BCUT2D eigenvalue weighted by molar-refractivity contribution is 0.0697. The van der Waals surface area contributed by atoms with Crippen molar-refractivity contribution in [3.8, 4) is 0 Å². The van der Waals surface area contributed by atoms with Gasteiger partial charge in [-0.25, -0.2) is 9.78 Å². The summed E-state index contributed by atoms with van der Waals surface area (Å²) in [6.45, 7) is 2.54. The number of nitrogens with two attached hydrogens (primary N) is 1. The number of nitrogen functional groups attached to an aromatic ring is 1. The average molecular weight is 345 g/mol. The lowest BCUT2D eigenvalue weighted by Crippen LogP contribution is -2.44. The molecule has 0 spiro atoms. The average Bonchev–Trinajstić information content (AvgIpc) is 2.61. The van der Waals surface area contributed by atoms with Gasteiger partial charge in [0.1, 0.15) is 5.82 Å². The second-order valence-electron chi connectivity index (χ2n) is 6.26. The number of aromatic carboxylic acids is 1. The summed E-state index contributed by atoms with van der Waals surface area (Å²) in [6, 6.07) is 4.90. The first kappa shape index (κ1) is 17.4. The molecule has 0 aliphatic carbocycles. The molecule has 5 N–H and O–H groups in total. The van der Waals surface area contributed by atoms with E-state index in [0.29, 0.717) is 23.3 Å². The van der Waals surface area contributed by atoms with Gasteiger partial charge in [0.05, 0.1) is 17.7 Å². The standard InChI is InChI=1S/C17H23N5O3/c18-17-20-14-5-4-11(16(24)25)9-13(14)15(21-17)19-6-8-22-7-2-1-3-12(22)10-23/h4-5,9,12,23H,1-3,6-8,10H2,(H,24,25)(H3,18,19,20,21)/t12-/m1/s1. The Balaban J connectivity index is 1.75. The maximum absolute atomic E-state index is 11.2. The number of nitrogens with one attached hydrogen (secondary N) is 1. The molecule has 2 aromatic rings. The molecule has 2 heterocycles. The lowest BCUT2D eigenvalue weighted by atomic mass is 10.0. The molecule has 0 unspecified atom stereocenters. The lowest BCUT2D eigenvalue weighted by Gasteiger charge is -2.34. The molecular weight excluding hydrogens is 322 g/mol. The molecule has 0 saturated carbocycles. The predicted molar refractivity (Wildman–Crippen MR) is 95.7 cm³/mol. The summed E-state index contributed by atoms with van der Waals surface area (Å²) in [5, 5.41) is 22.5. The molecule has 1 fully saturated rings. The molecule has 1 atom stereocenters. The van der Waals surface area contributed by atoms with E-state index >= 15 is 0 Å². The molecule has 0 amide bonds. The number of carbonyl (C=O) groups is 1. The SMILES string of the molecule is Nc1nc(NCCN2CCCC[C@@H]2CO)c2cc(C(=O)O)ccc2n1. The number of rotatable bonds is 6. The Kier molecular flexibility index (Phi) is 5.30. The summed E-state index contributed by atoms with van der Waals surface area (Å²) in [5.41, 5.74) is 6.54. The Morgan fingerprint density at radius 1 is 1.36 bits per heavy atom. The van der Waals surface area contributed by atoms with Gasteiger partial charge < -0.3 is 21.3 Å². The van der Waals surface area contributed by atoms with E-state index in [9.17, 15) is 15.0 Å². The van der Waals surface area contributed by atoms with Gasteiger partial charge in [0.25, 0.3) is 0 Å². The normalized spacial score (nSPS) is 18.4. The minimum absolute atomic E-state index is 0.143. The van der Waals surface area contributed by atoms with E-state index < -0.39 is 5.97 Å². The van der Waals surface area contributed by atoms with Crippen molar-refractivity contribution in [2.24, 2.45) is 0 Å². The van der Waals surface area contributed by atoms with E-state index in [4.69, 9.17) is 5.73 Å². The van der Waals surface area contributed by atoms with Crippen LogP contribution in [0.2, 0.25) is 0 Å². The zero-order valence-corrected chi connectivity index (χ0v) is 14.0. The number of carboxylic acids is 1. The maximum atomic E-state index is 11.2. The third kappa shape index (κ3) is 3.97. The van der Waals surface area contributed by atoms with Crippen LogP contribution in [0.1, 0.15) is 29.6 Å². The van der Waals surface area contributed by atoms with Crippen molar-refractivity contribution in [1.29, 1.82) is 0 Å². The highest BCUT2D eigenvalue weighted by Gasteiger charge is 2.21. The van der Waals surface area contributed by atoms with Crippen LogP contribution in [0.25, 0.3) is 10.9 Å². The number of benzene rings is 1. The van der Waals surface area contributed by atoms with Gasteiger partial charge in [-0.3, -0.25) is 4.90 Å². The Labute approximate surface area is 145 Å². The number of aromatic nitrogens is 2. The van der Waals surface area contributed by atoms with Crippen molar-refractivity contribution >= 4 is 28.6 Å². The molecular formula is C17H23N5O3. The number of carboxylic acid groups (broad SMARTS) is 1. The summed E-state index contributed by atoms with van der Waals surface area (Å²) in [7, 11) is 0. The molecule has 8 heteroatoms. The number of aliphatic hydroxyl groups is 1. The minimum atomic E-state index is -0.997. The van der Waals surface area contributed by atoms with Crippen LogP contribution in [0.4, 0.5) is 11.8 Å². The third-order valence-electron chi connectivity index (χ3n) is 4.61. The first-order valence-electron chi connectivity index (χ1n) is 8.48. The summed E-state index contributed by atoms with van der Waals surface area (Å²) >= 11 is 0. The fraction of sp³-hybridized carbons (Fsp3) is 0.471. The topological polar surface area (TPSA) is 125 Å². The van der Waals surface area contributed by atoms with Gasteiger partial charge in [-0.1, -0.05) is 6.42 Å². The number of hydrogen-bond acceptors (Lipinski definition) is 7. The van der Waals surface area contributed by atoms with Crippen molar-refractivity contribution in [1.82, 2.24) is 14.9 Å². The molecule has 1 aliphatic rings. The zero-order chi connectivity index (χ0) is 17.8. The van der Waals surface area contributed by atoms with Crippen LogP contribution >= 0.6 is 0 Å². The largest absolute Gasteiger partial charge is 0.478 e. The molecule has 1 aromatic carbocycles. The number of aliphatic hydroxyl groups excluding tert-OH is 1. The summed E-state index contributed by atoms with van der Waals surface area (Å²) in [4.78, 5) is 21.8. The first-order chi connectivity index (χ1) is 12.1. The van der Waals surface area contributed by atoms with Gasteiger partial charge in [-0.15, -0.1) is 0 Å². The van der Waals surface area contributed by atoms with Crippen LogP contribution in [-0.2, 0) is 0 Å². The smallest absolute Gasteiger partial charge is 0.335 e. The van der Waals surface area contributed by atoms with Gasteiger partial charge >= 0.3 is 5.97 Å². The maximum Gasteiger partial charge on any atom is 0.335 e. The van der Waals surface area contributed by atoms with Crippen molar-refractivity contribution in [2.75, 3.05) is 37.3 Å². The molecule has 8 nitrogen and oxygen atoms in total. The quantitative estimate of drug-likeness (QED) is 0.615. The van der Waals surface area contributed by atoms with Crippen LogP contribution in [-0.4, -0.2) is 63.3 Å². The molecule has 0 bridgehead atoms. The van der Waals surface area contributed by atoms with E-state index in [2.05, 4.69) is 20.2 Å². The summed E-state index contributed by atoms with van der Waals surface area (Å²) < 4.78 is 0. The van der Waals surface area contributed by atoms with Crippen LogP contribution in [0.15, 0.2) is 18.2 Å². The van der Waals surface area contributed by atoms with Crippen molar-refractivity contribution in [2.45, 2.75) is 25.3 Å². The molecule has 1 saturated heterocycles.